The lowest BCUT2D eigenvalue weighted by Gasteiger charge is -1.99. The maximum Gasteiger partial charge on any atom is 0.121 e. The van der Waals surface area contributed by atoms with E-state index < -0.39 is 0 Å². The number of benzene rings is 1. The maximum absolute atomic E-state index is 9.13. The Morgan fingerprint density at radius 3 is 2.70 bits per heavy atom. The quantitative estimate of drug-likeness (QED) is 0.649. The van der Waals surface area contributed by atoms with Crippen LogP contribution in [0.25, 0.3) is 0 Å². The molecule has 1 aromatic carbocycles. The number of phenols is 1. The Balaban J connectivity index is 3.07. The molecule has 1 rings (SSSR count). The molecule has 0 fully saturated rings. The predicted octanol–water partition coefficient (Wildman–Crippen LogP) is 1.50. The van der Waals surface area contributed by atoms with Crippen LogP contribution in [0, 0.1) is 0 Å². The lowest BCUT2D eigenvalue weighted by atomic mass is 10.2. The van der Waals surface area contributed by atoms with Gasteiger partial charge in [-0.3, -0.25) is 0 Å². The van der Waals surface area contributed by atoms with Crippen LogP contribution in [0.1, 0.15) is 5.56 Å². The molecule has 0 spiro atoms. The van der Waals surface area contributed by atoms with E-state index in [4.69, 9.17) is 22.4 Å². The minimum absolute atomic E-state index is 0.162. The first-order valence-electron chi connectivity index (χ1n) is 2.91. The molecular weight excluding hydrogens is 150 g/mol. The van der Waals surface area contributed by atoms with Crippen molar-refractivity contribution < 1.29 is 5.11 Å². The molecular formula is C7H8ClNO. The van der Waals surface area contributed by atoms with Gasteiger partial charge in [0.1, 0.15) is 5.75 Å². The van der Waals surface area contributed by atoms with Crippen molar-refractivity contribution in [1.29, 1.82) is 0 Å². The molecule has 0 aliphatic carbocycles. The molecule has 1 aromatic rings. The molecule has 0 aliphatic heterocycles. The van der Waals surface area contributed by atoms with E-state index in [0.29, 0.717) is 17.1 Å². The summed E-state index contributed by atoms with van der Waals surface area (Å²) < 4.78 is 0. The number of hydrogen-bond donors (Lipinski definition) is 2. The fourth-order valence-electron chi connectivity index (χ4n) is 0.710. The molecule has 54 valence electrons. The van der Waals surface area contributed by atoms with E-state index in [2.05, 4.69) is 0 Å². The van der Waals surface area contributed by atoms with Gasteiger partial charge in [0.25, 0.3) is 0 Å². The Kier molecular flexibility index (Phi) is 2.14. The summed E-state index contributed by atoms with van der Waals surface area (Å²) in [5, 5.41) is 9.65. The van der Waals surface area contributed by atoms with Crippen LogP contribution < -0.4 is 5.73 Å². The van der Waals surface area contributed by atoms with Gasteiger partial charge in [0.05, 0.1) is 0 Å². The molecule has 0 aromatic heterocycles. The molecule has 3 heteroatoms. The minimum atomic E-state index is 0.162. The second kappa shape index (κ2) is 2.90. The van der Waals surface area contributed by atoms with Crippen LogP contribution in [0.3, 0.4) is 0 Å². The summed E-state index contributed by atoms with van der Waals surface area (Å²) in [5.41, 5.74) is 6.01. The number of rotatable bonds is 1. The molecule has 0 saturated heterocycles. The summed E-state index contributed by atoms with van der Waals surface area (Å²) >= 11 is 5.57. The predicted molar refractivity (Wildman–Crippen MR) is 41.0 cm³/mol. The first kappa shape index (κ1) is 7.38. The van der Waals surface area contributed by atoms with Crippen LogP contribution in [0.4, 0.5) is 0 Å². The molecule has 3 N–H and O–H groups in total. The molecule has 0 saturated carbocycles. The van der Waals surface area contributed by atoms with E-state index in [-0.39, 0.29) is 5.75 Å². The van der Waals surface area contributed by atoms with Crippen molar-refractivity contribution in [2.45, 2.75) is 6.54 Å². The monoisotopic (exact) mass is 157 g/mol. The molecule has 0 aliphatic rings. The average Bonchev–Trinajstić information content (AvgIpc) is 1.88. The summed E-state index contributed by atoms with van der Waals surface area (Å²) in [4.78, 5) is 0. The molecule has 0 amide bonds. The van der Waals surface area contributed by atoms with Crippen LogP contribution in [-0.2, 0) is 6.54 Å². The molecule has 0 unspecified atom stereocenters. The van der Waals surface area contributed by atoms with E-state index >= 15 is 0 Å². The smallest absolute Gasteiger partial charge is 0.121 e. The average molecular weight is 158 g/mol. The summed E-state index contributed by atoms with van der Waals surface area (Å²) in [6.45, 7) is 0.336. The highest BCUT2D eigenvalue weighted by Crippen LogP contribution is 2.20. The van der Waals surface area contributed by atoms with Gasteiger partial charge in [-0.05, 0) is 12.1 Å². The Morgan fingerprint density at radius 1 is 1.50 bits per heavy atom. The van der Waals surface area contributed by atoms with Crippen LogP contribution in [0.5, 0.6) is 5.75 Å². The highest BCUT2D eigenvalue weighted by molar-refractivity contribution is 6.30. The first-order valence-corrected chi connectivity index (χ1v) is 3.29. The highest BCUT2D eigenvalue weighted by Gasteiger charge is 1.97. The minimum Gasteiger partial charge on any atom is -0.508 e. The summed E-state index contributed by atoms with van der Waals surface area (Å²) in [5.74, 6) is 0.162. The Hall–Kier alpha value is -0.730. The molecule has 0 radical (unpaired) electrons. The van der Waals surface area contributed by atoms with E-state index in [0.717, 1.165) is 0 Å². The van der Waals surface area contributed by atoms with Crippen LogP contribution in [-0.4, -0.2) is 5.11 Å². The topological polar surface area (TPSA) is 46.2 Å². The number of phenolic OH excluding ortho intramolecular Hbond substituents is 1. The van der Waals surface area contributed by atoms with Crippen molar-refractivity contribution in [2.75, 3.05) is 0 Å². The molecule has 0 bridgehead atoms. The van der Waals surface area contributed by atoms with Crippen LogP contribution in [0.15, 0.2) is 18.2 Å². The Morgan fingerprint density at radius 2 is 2.20 bits per heavy atom. The Bertz CT molecular complexity index is 237. The van der Waals surface area contributed by atoms with Crippen molar-refractivity contribution in [3.8, 4) is 5.75 Å². The van der Waals surface area contributed by atoms with Crippen molar-refractivity contribution in [3.63, 3.8) is 0 Å². The largest absolute Gasteiger partial charge is 0.508 e. The van der Waals surface area contributed by atoms with Gasteiger partial charge >= 0.3 is 0 Å². The SMILES string of the molecule is NCc1ccc(Cl)cc1O. The van der Waals surface area contributed by atoms with Gasteiger partial charge < -0.3 is 10.8 Å². The third-order valence-electron chi connectivity index (χ3n) is 1.27. The second-order valence-corrected chi connectivity index (χ2v) is 2.41. The second-order valence-electron chi connectivity index (χ2n) is 1.98. The first-order chi connectivity index (χ1) is 4.74. The van der Waals surface area contributed by atoms with E-state index in [1.165, 1.54) is 6.07 Å². The van der Waals surface area contributed by atoms with Crippen LogP contribution in [0.2, 0.25) is 5.02 Å². The van der Waals surface area contributed by atoms with Crippen LogP contribution >= 0.6 is 11.6 Å². The zero-order chi connectivity index (χ0) is 7.56. The number of aromatic hydroxyl groups is 1. The third kappa shape index (κ3) is 1.40. The summed E-state index contributed by atoms with van der Waals surface area (Å²) in [6.07, 6.45) is 0. The number of nitrogens with two attached hydrogens (primary N) is 1. The van der Waals surface area contributed by atoms with Gasteiger partial charge in [0.15, 0.2) is 0 Å². The molecule has 0 atom stereocenters. The third-order valence-corrected chi connectivity index (χ3v) is 1.50. The highest BCUT2D eigenvalue weighted by atomic mass is 35.5. The standard InChI is InChI=1S/C7H8ClNO/c8-6-2-1-5(4-9)7(10)3-6/h1-3,10H,4,9H2. The lowest BCUT2D eigenvalue weighted by Crippen LogP contribution is -1.95. The Labute approximate surface area is 64.2 Å². The molecule has 0 heterocycles. The van der Waals surface area contributed by atoms with Crippen molar-refractivity contribution in [2.24, 2.45) is 5.73 Å². The summed E-state index contributed by atoms with van der Waals surface area (Å²) in [6, 6.07) is 4.88. The van der Waals surface area contributed by atoms with Gasteiger partial charge in [0.2, 0.25) is 0 Å². The van der Waals surface area contributed by atoms with E-state index in [9.17, 15) is 0 Å². The van der Waals surface area contributed by atoms with Crippen molar-refractivity contribution >= 4 is 11.6 Å². The van der Waals surface area contributed by atoms with Gasteiger partial charge in [-0.25, -0.2) is 0 Å². The van der Waals surface area contributed by atoms with Crippen molar-refractivity contribution in [1.82, 2.24) is 0 Å². The fourth-order valence-corrected chi connectivity index (χ4v) is 0.876. The van der Waals surface area contributed by atoms with Gasteiger partial charge in [-0.15, -0.1) is 0 Å². The zero-order valence-electron chi connectivity index (χ0n) is 5.34. The maximum atomic E-state index is 9.13. The normalized spacial score (nSPS) is 9.80. The fraction of sp³-hybridized carbons (Fsp3) is 0.143. The van der Waals surface area contributed by atoms with Gasteiger partial charge in [-0.2, -0.15) is 0 Å². The van der Waals surface area contributed by atoms with Crippen molar-refractivity contribution in [3.05, 3.63) is 28.8 Å². The molecule has 2 nitrogen and oxygen atoms in total. The van der Waals surface area contributed by atoms with E-state index in [1.54, 1.807) is 12.1 Å². The molecule has 10 heavy (non-hydrogen) atoms. The number of halogens is 1. The zero-order valence-corrected chi connectivity index (χ0v) is 6.10. The number of hydrogen-bond acceptors (Lipinski definition) is 2. The van der Waals surface area contributed by atoms with E-state index in [1.807, 2.05) is 0 Å². The van der Waals surface area contributed by atoms with Gasteiger partial charge in [0, 0.05) is 17.1 Å². The van der Waals surface area contributed by atoms with Gasteiger partial charge in [-0.1, -0.05) is 17.7 Å². The lowest BCUT2D eigenvalue weighted by molar-refractivity contribution is 0.468. The summed E-state index contributed by atoms with van der Waals surface area (Å²) in [7, 11) is 0.